The molecule has 0 aliphatic heterocycles. The van der Waals surface area contributed by atoms with Crippen LogP contribution in [0.25, 0.3) is 11.8 Å². The quantitative estimate of drug-likeness (QED) is 0.384. The summed E-state index contributed by atoms with van der Waals surface area (Å²) in [5.41, 5.74) is 3.92. The molecule has 0 saturated carbocycles. The molecule has 2 aromatic carbocycles. The Morgan fingerprint density at radius 1 is 1.19 bits per heavy atom. The number of amides is 1. The molecule has 0 saturated heterocycles. The van der Waals surface area contributed by atoms with Crippen LogP contribution in [0.5, 0.6) is 5.75 Å². The van der Waals surface area contributed by atoms with Gasteiger partial charge in [0.25, 0.3) is 0 Å². The molecule has 0 spiro atoms. The summed E-state index contributed by atoms with van der Waals surface area (Å²) in [5.74, 6) is 0.625. The summed E-state index contributed by atoms with van der Waals surface area (Å²) in [6, 6.07) is 15.6. The Bertz CT molecular complexity index is 1180. The molecule has 6 nitrogen and oxygen atoms in total. The first-order chi connectivity index (χ1) is 15.6. The fourth-order valence-electron chi connectivity index (χ4n) is 3.17. The van der Waals surface area contributed by atoms with E-state index in [4.69, 9.17) is 4.74 Å². The molecule has 0 bridgehead atoms. The molecule has 4 aromatic rings. The highest BCUT2D eigenvalue weighted by molar-refractivity contribution is 7.09. The molecule has 7 heteroatoms. The first-order valence-electron chi connectivity index (χ1n) is 10.3. The highest BCUT2D eigenvalue weighted by Crippen LogP contribution is 2.17. The van der Waals surface area contributed by atoms with Gasteiger partial charge in [-0.1, -0.05) is 24.3 Å². The largest absolute Gasteiger partial charge is 0.487 e. The molecule has 0 fully saturated rings. The van der Waals surface area contributed by atoms with Crippen molar-refractivity contribution in [2.24, 2.45) is 0 Å². The van der Waals surface area contributed by atoms with Gasteiger partial charge in [0.1, 0.15) is 12.4 Å². The van der Waals surface area contributed by atoms with Crippen molar-refractivity contribution in [1.82, 2.24) is 19.9 Å². The maximum absolute atomic E-state index is 12.3. The van der Waals surface area contributed by atoms with Crippen LogP contribution in [0.2, 0.25) is 0 Å². The second-order valence-electron chi connectivity index (χ2n) is 7.34. The third kappa shape index (κ3) is 5.70. The van der Waals surface area contributed by atoms with Crippen LogP contribution >= 0.6 is 11.3 Å². The van der Waals surface area contributed by atoms with Gasteiger partial charge in [-0.15, -0.1) is 11.3 Å². The molecule has 32 heavy (non-hydrogen) atoms. The number of carbonyl (C=O) groups excluding carboxylic acids is 1. The van der Waals surface area contributed by atoms with E-state index in [1.165, 1.54) is 0 Å². The van der Waals surface area contributed by atoms with E-state index < -0.39 is 0 Å². The van der Waals surface area contributed by atoms with Crippen LogP contribution in [-0.2, 0) is 11.4 Å². The third-order valence-electron chi connectivity index (χ3n) is 4.91. The average molecular weight is 445 g/mol. The number of hydrogen-bond donors (Lipinski definition) is 1. The van der Waals surface area contributed by atoms with Gasteiger partial charge in [0, 0.05) is 29.5 Å². The number of hydrogen-bond acceptors (Lipinski definition) is 5. The van der Waals surface area contributed by atoms with Crippen molar-refractivity contribution < 1.29 is 9.53 Å². The van der Waals surface area contributed by atoms with Crippen LogP contribution < -0.4 is 10.1 Å². The lowest BCUT2D eigenvalue weighted by atomic mass is 10.1. The predicted molar refractivity (Wildman–Crippen MR) is 127 cm³/mol. The number of nitrogens with one attached hydrogen (secondary N) is 1. The van der Waals surface area contributed by atoms with Crippen molar-refractivity contribution in [1.29, 1.82) is 0 Å². The number of thiazole rings is 1. The average Bonchev–Trinajstić information content (AvgIpc) is 3.49. The smallest absolute Gasteiger partial charge is 0.244 e. The fraction of sp³-hybridized carbons (Fsp3) is 0.160. The van der Waals surface area contributed by atoms with Crippen LogP contribution in [0.15, 0.2) is 78.7 Å². The lowest BCUT2D eigenvalue weighted by Crippen LogP contribution is -2.24. The van der Waals surface area contributed by atoms with E-state index in [0.29, 0.717) is 6.61 Å². The molecule has 0 aliphatic carbocycles. The first-order valence-corrected chi connectivity index (χ1v) is 11.2. The number of carbonyl (C=O) groups is 1. The zero-order valence-electron chi connectivity index (χ0n) is 17.9. The van der Waals surface area contributed by atoms with Crippen molar-refractivity contribution in [2.45, 2.75) is 26.5 Å². The standard InChI is InChI=1S/C25H24N4O2S/c1-18(21-6-8-23(9-7-21)29-14-13-26-17-29)27-25(30)12-5-20-3-10-24(11-4-20)31-15-22-16-32-19(2)28-22/h3-14,16-18H,15H2,1-2H3,(H,27,30)/b12-5+. The Morgan fingerprint density at radius 2 is 1.97 bits per heavy atom. The van der Waals surface area contributed by atoms with E-state index in [2.05, 4.69) is 15.3 Å². The SMILES string of the molecule is Cc1nc(COc2ccc(/C=C/C(=O)NC(C)c3ccc(-n4ccnc4)cc3)cc2)cs1. The van der Waals surface area contributed by atoms with Gasteiger partial charge >= 0.3 is 0 Å². The molecule has 4 rings (SSSR count). The molecule has 162 valence electrons. The van der Waals surface area contributed by atoms with E-state index in [1.807, 2.05) is 78.5 Å². The zero-order valence-corrected chi connectivity index (χ0v) is 18.8. The number of benzene rings is 2. The lowest BCUT2D eigenvalue weighted by molar-refractivity contribution is -0.117. The predicted octanol–water partition coefficient (Wildman–Crippen LogP) is 5.11. The first kappa shape index (κ1) is 21.5. The number of aromatic nitrogens is 3. The van der Waals surface area contributed by atoms with Crippen LogP contribution in [0.4, 0.5) is 0 Å². The van der Waals surface area contributed by atoms with Crippen LogP contribution in [0.3, 0.4) is 0 Å². The van der Waals surface area contributed by atoms with Crippen molar-refractivity contribution >= 4 is 23.3 Å². The van der Waals surface area contributed by atoms with Crippen LogP contribution in [0.1, 0.15) is 34.8 Å². The second kappa shape index (κ2) is 10.1. The molecule has 1 unspecified atom stereocenters. The lowest BCUT2D eigenvalue weighted by Gasteiger charge is -2.13. The topological polar surface area (TPSA) is 69.0 Å². The van der Waals surface area contributed by atoms with Gasteiger partial charge in [0.05, 0.1) is 23.1 Å². The van der Waals surface area contributed by atoms with Crippen molar-refractivity contribution in [3.8, 4) is 11.4 Å². The van der Waals surface area contributed by atoms with Crippen molar-refractivity contribution in [3.05, 3.63) is 101 Å². The number of aryl methyl sites for hydroxylation is 1. The number of ether oxygens (including phenoxy) is 1. The maximum Gasteiger partial charge on any atom is 0.244 e. The van der Waals surface area contributed by atoms with E-state index in [9.17, 15) is 4.79 Å². The Balaban J connectivity index is 1.28. The molecule has 2 aromatic heterocycles. The molecule has 0 radical (unpaired) electrons. The Labute approximate surface area is 191 Å². The van der Waals surface area contributed by atoms with Gasteiger partial charge < -0.3 is 14.6 Å². The number of imidazole rings is 1. The monoisotopic (exact) mass is 444 g/mol. The summed E-state index contributed by atoms with van der Waals surface area (Å²) in [7, 11) is 0. The fourth-order valence-corrected chi connectivity index (χ4v) is 3.77. The molecule has 1 amide bonds. The van der Waals surface area contributed by atoms with E-state index >= 15 is 0 Å². The van der Waals surface area contributed by atoms with Crippen molar-refractivity contribution in [3.63, 3.8) is 0 Å². The minimum absolute atomic E-state index is 0.103. The molecule has 1 N–H and O–H groups in total. The van der Waals surface area contributed by atoms with E-state index in [0.717, 1.165) is 33.3 Å². The summed E-state index contributed by atoms with van der Waals surface area (Å²) in [5, 5.41) is 6.03. The highest BCUT2D eigenvalue weighted by Gasteiger charge is 2.08. The molecular weight excluding hydrogens is 420 g/mol. The summed E-state index contributed by atoms with van der Waals surface area (Å²) in [4.78, 5) is 20.8. The summed E-state index contributed by atoms with van der Waals surface area (Å²) in [6.07, 6.45) is 8.73. The molecule has 1 atom stereocenters. The highest BCUT2D eigenvalue weighted by atomic mass is 32.1. The van der Waals surface area contributed by atoms with Gasteiger partial charge in [0.15, 0.2) is 0 Å². The summed E-state index contributed by atoms with van der Waals surface area (Å²) in [6.45, 7) is 4.39. The third-order valence-corrected chi connectivity index (χ3v) is 5.74. The molecule has 0 aliphatic rings. The second-order valence-corrected chi connectivity index (χ2v) is 8.40. The Morgan fingerprint density at radius 3 is 2.62 bits per heavy atom. The van der Waals surface area contributed by atoms with E-state index in [-0.39, 0.29) is 11.9 Å². The Hall–Kier alpha value is -3.71. The summed E-state index contributed by atoms with van der Waals surface area (Å²) < 4.78 is 7.69. The van der Waals surface area contributed by atoms with Gasteiger partial charge in [-0.3, -0.25) is 4.79 Å². The van der Waals surface area contributed by atoms with Crippen LogP contribution in [-0.4, -0.2) is 20.4 Å². The molecular formula is C25H24N4O2S. The van der Waals surface area contributed by atoms with Gasteiger partial charge in [-0.2, -0.15) is 0 Å². The van der Waals surface area contributed by atoms with E-state index in [1.54, 1.807) is 36.0 Å². The maximum atomic E-state index is 12.3. The van der Waals surface area contributed by atoms with Gasteiger partial charge in [-0.05, 0) is 55.3 Å². The zero-order chi connectivity index (χ0) is 22.3. The summed E-state index contributed by atoms with van der Waals surface area (Å²) >= 11 is 1.61. The normalized spacial score (nSPS) is 12.1. The van der Waals surface area contributed by atoms with Crippen LogP contribution in [0, 0.1) is 6.92 Å². The minimum Gasteiger partial charge on any atom is -0.487 e. The molecule has 2 heterocycles. The van der Waals surface area contributed by atoms with Gasteiger partial charge in [0.2, 0.25) is 5.91 Å². The van der Waals surface area contributed by atoms with Crippen molar-refractivity contribution in [2.75, 3.05) is 0 Å². The minimum atomic E-state index is -0.143. The van der Waals surface area contributed by atoms with Gasteiger partial charge in [-0.25, -0.2) is 9.97 Å². The number of nitrogens with zero attached hydrogens (tertiary/aromatic N) is 3. The number of rotatable bonds is 8. The Kier molecular flexibility index (Phi) is 6.77.